The molecular weight excluding hydrogens is 214 g/mol. The normalized spacial score (nSPS) is 19.5. The summed E-state index contributed by atoms with van der Waals surface area (Å²) in [6.07, 6.45) is 4.16. The Morgan fingerprint density at radius 2 is 2.06 bits per heavy atom. The van der Waals surface area contributed by atoms with Crippen LogP contribution in [0.5, 0.6) is 0 Å². The lowest BCUT2D eigenvalue weighted by Gasteiger charge is -2.14. The van der Waals surface area contributed by atoms with Crippen LogP contribution in [0.1, 0.15) is 29.5 Å². The van der Waals surface area contributed by atoms with Gasteiger partial charge in [-0.25, -0.2) is 0 Å². The molecule has 0 aliphatic heterocycles. The van der Waals surface area contributed by atoms with Crippen molar-refractivity contribution in [1.29, 1.82) is 0 Å². The number of carboxylic acids is 1. The summed E-state index contributed by atoms with van der Waals surface area (Å²) in [4.78, 5) is 10.5. The highest BCUT2D eigenvalue weighted by molar-refractivity contribution is 5.69. The smallest absolute Gasteiger partial charge is 0.317 e. The number of fused-ring (bicyclic) bond motifs is 1. The lowest BCUT2D eigenvalue weighted by atomic mass is 10.0. The van der Waals surface area contributed by atoms with Gasteiger partial charge in [-0.3, -0.25) is 4.79 Å². The van der Waals surface area contributed by atoms with Gasteiger partial charge in [-0.1, -0.05) is 23.8 Å². The summed E-state index contributed by atoms with van der Waals surface area (Å²) in [6.45, 7) is 2.19. The van der Waals surface area contributed by atoms with E-state index in [1.165, 1.54) is 16.7 Å². The van der Waals surface area contributed by atoms with Gasteiger partial charge in [-0.15, -0.1) is 0 Å². The van der Waals surface area contributed by atoms with Crippen LogP contribution in [0.25, 0.3) is 0 Å². The second-order valence-corrected chi connectivity index (χ2v) is 4.82. The molecule has 1 atom stereocenters. The van der Waals surface area contributed by atoms with E-state index in [1.807, 2.05) is 0 Å². The summed E-state index contributed by atoms with van der Waals surface area (Å²) in [5.41, 5.74) is 4.17. The second kappa shape index (κ2) is 5.32. The van der Waals surface area contributed by atoms with Crippen LogP contribution in [0.4, 0.5) is 0 Å². The SMILES string of the molecule is Cc1ccc2c(c1)CCC(NCC(=O)O)CC2. The van der Waals surface area contributed by atoms with Gasteiger partial charge in [0.15, 0.2) is 0 Å². The van der Waals surface area contributed by atoms with Crippen molar-refractivity contribution in [2.45, 2.75) is 38.6 Å². The Bertz CT molecular complexity index is 415. The van der Waals surface area contributed by atoms with Gasteiger partial charge in [0, 0.05) is 6.04 Å². The van der Waals surface area contributed by atoms with Gasteiger partial charge < -0.3 is 10.4 Å². The zero-order chi connectivity index (χ0) is 12.3. The number of nitrogens with one attached hydrogen (secondary N) is 1. The summed E-state index contributed by atoms with van der Waals surface area (Å²) < 4.78 is 0. The number of aliphatic carboxylic acids is 1. The van der Waals surface area contributed by atoms with Crippen LogP contribution in [0.2, 0.25) is 0 Å². The first-order chi connectivity index (χ1) is 8.15. The lowest BCUT2D eigenvalue weighted by Crippen LogP contribution is -2.33. The molecule has 1 aliphatic rings. The first-order valence-corrected chi connectivity index (χ1v) is 6.19. The zero-order valence-corrected chi connectivity index (χ0v) is 10.2. The van der Waals surface area contributed by atoms with Crippen LogP contribution < -0.4 is 5.32 Å². The Kier molecular flexibility index (Phi) is 3.79. The zero-order valence-electron chi connectivity index (χ0n) is 10.2. The average Bonchev–Trinajstić information content (AvgIpc) is 2.48. The molecule has 2 rings (SSSR count). The molecule has 92 valence electrons. The standard InChI is InChI=1S/C14H19NO2/c1-10-2-3-11-4-6-13(15-9-14(16)17)7-5-12(11)8-10/h2-3,8,13,15H,4-7,9H2,1H3,(H,16,17). The number of rotatable bonds is 3. The molecule has 0 spiro atoms. The monoisotopic (exact) mass is 233 g/mol. The van der Waals surface area contributed by atoms with Crippen LogP contribution >= 0.6 is 0 Å². The molecule has 1 aliphatic carbocycles. The van der Waals surface area contributed by atoms with Gasteiger partial charge >= 0.3 is 5.97 Å². The Labute approximate surface area is 102 Å². The van der Waals surface area contributed by atoms with Crippen molar-refractivity contribution < 1.29 is 9.90 Å². The molecule has 3 nitrogen and oxygen atoms in total. The molecule has 0 saturated carbocycles. The van der Waals surface area contributed by atoms with Gasteiger partial charge in [0.1, 0.15) is 0 Å². The van der Waals surface area contributed by atoms with E-state index in [-0.39, 0.29) is 6.54 Å². The highest BCUT2D eigenvalue weighted by Gasteiger charge is 2.16. The molecule has 0 radical (unpaired) electrons. The van der Waals surface area contributed by atoms with Gasteiger partial charge in [-0.05, 0) is 43.7 Å². The van der Waals surface area contributed by atoms with Gasteiger partial charge in [-0.2, -0.15) is 0 Å². The van der Waals surface area contributed by atoms with Crippen LogP contribution in [0.3, 0.4) is 0 Å². The van der Waals surface area contributed by atoms with Crippen molar-refractivity contribution in [2.24, 2.45) is 0 Å². The Balaban J connectivity index is 1.99. The van der Waals surface area contributed by atoms with E-state index in [0.29, 0.717) is 6.04 Å². The summed E-state index contributed by atoms with van der Waals surface area (Å²) in [5, 5.41) is 11.8. The van der Waals surface area contributed by atoms with E-state index >= 15 is 0 Å². The molecular formula is C14H19NO2. The van der Waals surface area contributed by atoms with Crippen LogP contribution in [-0.4, -0.2) is 23.7 Å². The third-order valence-corrected chi connectivity index (χ3v) is 3.43. The second-order valence-electron chi connectivity index (χ2n) is 4.82. The highest BCUT2D eigenvalue weighted by atomic mass is 16.4. The first-order valence-electron chi connectivity index (χ1n) is 6.19. The predicted octanol–water partition coefficient (Wildman–Crippen LogP) is 1.92. The predicted molar refractivity (Wildman–Crippen MR) is 67.2 cm³/mol. The summed E-state index contributed by atoms with van der Waals surface area (Å²) >= 11 is 0. The van der Waals surface area contributed by atoms with Crippen LogP contribution in [0.15, 0.2) is 18.2 Å². The number of hydrogen-bond donors (Lipinski definition) is 2. The summed E-state index contributed by atoms with van der Waals surface area (Å²) in [5.74, 6) is -0.775. The first kappa shape index (κ1) is 12.1. The summed E-state index contributed by atoms with van der Waals surface area (Å²) in [7, 11) is 0. The number of carbonyl (C=O) groups is 1. The molecule has 3 heteroatoms. The van der Waals surface area contributed by atoms with Crippen LogP contribution in [0, 0.1) is 6.92 Å². The maximum atomic E-state index is 10.5. The van der Waals surface area contributed by atoms with Gasteiger partial charge in [0.2, 0.25) is 0 Å². The number of benzene rings is 1. The van der Waals surface area contributed by atoms with Crippen molar-refractivity contribution >= 4 is 5.97 Å². The Hall–Kier alpha value is -1.35. The topological polar surface area (TPSA) is 49.3 Å². The number of carboxylic acid groups (broad SMARTS) is 1. The highest BCUT2D eigenvalue weighted by Crippen LogP contribution is 2.21. The molecule has 0 aromatic heterocycles. The fourth-order valence-corrected chi connectivity index (χ4v) is 2.47. The lowest BCUT2D eigenvalue weighted by molar-refractivity contribution is -0.136. The molecule has 0 bridgehead atoms. The fraction of sp³-hybridized carbons (Fsp3) is 0.500. The fourth-order valence-electron chi connectivity index (χ4n) is 2.47. The molecule has 1 unspecified atom stereocenters. The molecule has 0 amide bonds. The van der Waals surface area contributed by atoms with Gasteiger partial charge in [0.05, 0.1) is 6.54 Å². The quantitative estimate of drug-likeness (QED) is 0.784. The summed E-state index contributed by atoms with van der Waals surface area (Å²) in [6, 6.07) is 6.96. The molecule has 2 N–H and O–H groups in total. The third-order valence-electron chi connectivity index (χ3n) is 3.43. The van der Waals surface area contributed by atoms with Crippen molar-refractivity contribution in [1.82, 2.24) is 5.32 Å². The van der Waals surface area contributed by atoms with E-state index in [9.17, 15) is 4.79 Å². The Morgan fingerprint density at radius 3 is 2.76 bits per heavy atom. The number of hydrogen-bond acceptors (Lipinski definition) is 2. The molecule has 1 aromatic rings. The third kappa shape index (κ3) is 3.30. The van der Waals surface area contributed by atoms with E-state index in [2.05, 4.69) is 30.4 Å². The molecule has 17 heavy (non-hydrogen) atoms. The van der Waals surface area contributed by atoms with Gasteiger partial charge in [0.25, 0.3) is 0 Å². The van der Waals surface area contributed by atoms with E-state index in [4.69, 9.17) is 5.11 Å². The molecule has 0 fully saturated rings. The molecule has 1 aromatic carbocycles. The Morgan fingerprint density at radius 1 is 1.35 bits per heavy atom. The molecule has 0 heterocycles. The number of aryl methyl sites for hydroxylation is 3. The van der Waals surface area contributed by atoms with Crippen LogP contribution in [-0.2, 0) is 17.6 Å². The van der Waals surface area contributed by atoms with Crippen molar-refractivity contribution in [2.75, 3.05) is 6.54 Å². The minimum absolute atomic E-state index is 0.0695. The van der Waals surface area contributed by atoms with E-state index in [0.717, 1.165) is 25.7 Å². The van der Waals surface area contributed by atoms with E-state index in [1.54, 1.807) is 0 Å². The van der Waals surface area contributed by atoms with Crippen molar-refractivity contribution in [3.63, 3.8) is 0 Å². The average molecular weight is 233 g/mol. The van der Waals surface area contributed by atoms with Crippen molar-refractivity contribution in [3.8, 4) is 0 Å². The van der Waals surface area contributed by atoms with E-state index < -0.39 is 5.97 Å². The molecule has 0 saturated heterocycles. The minimum Gasteiger partial charge on any atom is -0.480 e. The largest absolute Gasteiger partial charge is 0.480 e. The maximum Gasteiger partial charge on any atom is 0.317 e. The van der Waals surface area contributed by atoms with Crippen molar-refractivity contribution in [3.05, 3.63) is 34.9 Å². The maximum absolute atomic E-state index is 10.5. The minimum atomic E-state index is -0.775.